The van der Waals surface area contributed by atoms with Crippen LogP contribution in [0.5, 0.6) is 0 Å². The number of para-hydroxylation sites is 7. The number of nitrogens with two attached hydrogens (primary N) is 1. The molecular weight excluding hydrogens is 1410 g/mol. The number of benzene rings is 13. The summed E-state index contributed by atoms with van der Waals surface area (Å²) in [5, 5.41) is 11.0. The number of thiazole rings is 2. The van der Waals surface area contributed by atoms with Crippen molar-refractivity contribution in [3.63, 3.8) is 0 Å². The number of nitrogen functional groups attached to an aromatic ring is 1. The summed E-state index contributed by atoms with van der Waals surface area (Å²) in [5.74, 6) is 0. The molecule has 0 aliphatic heterocycles. The van der Waals surface area contributed by atoms with Gasteiger partial charge in [0, 0.05) is 138 Å². The fraction of sp³-hybridized carbons (Fsp3) is 0.0625. The molecule has 21 rings (SSSR count). The number of hydrogen-bond acceptors (Lipinski definition) is 8. The number of thiol groups is 1. The van der Waals surface area contributed by atoms with Crippen molar-refractivity contribution in [2.45, 2.75) is 18.7 Å². The van der Waals surface area contributed by atoms with E-state index in [1.807, 2.05) is 86.9 Å². The lowest BCUT2D eigenvalue weighted by atomic mass is 10.0. The van der Waals surface area contributed by atoms with Gasteiger partial charge in [0.1, 0.15) is 10.0 Å². The van der Waals surface area contributed by atoms with Crippen LogP contribution in [0.2, 0.25) is 0 Å². The first-order chi connectivity index (χ1) is 53.8. The van der Waals surface area contributed by atoms with E-state index < -0.39 is 0 Å². The fourth-order valence-corrected chi connectivity index (χ4v) is 18.9. The third-order valence-corrected chi connectivity index (χ3v) is 24.4. The summed E-state index contributed by atoms with van der Waals surface area (Å²) in [7, 11) is 8.42. The van der Waals surface area contributed by atoms with Crippen LogP contribution in [0.15, 0.2) is 296 Å². The van der Waals surface area contributed by atoms with Crippen molar-refractivity contribution < 1.29 is 9.59 Å². The highest BCUT2D eigenvalue weighted by Crippen LogP contribution is 2.49. The van der Waals surface area contributed by atoms with Gasteiger partial charge >= 0.3 is 0 Å². The van der Waals surface area contributed by atoms with Gasteiger partial charge in [0.05, 0.1) is 65.3 Å². The monoisotopic (exact) mass is 1480 g/mol. The molecule has 14 heteroatoms. The lowest BCUT2D eigenvalue weighted by molar-refractivity contribution is 0.111. The molecular formula is C96H71N9O2S3. The molecule has 0 amide bonds. The Bertz CT molecular complexity index is 6860. The van der Waals surface area contributed by atoms with Gasteiger partial charge < -0.3 is 33.1 Å². The van der Waals surface area contributed by atoms with E-state index in [9.17, 15) is 9.59 Å². The molecule has 530 valence electrons. The zero-order valence-electron chi connectivity index (χ0n) is 61.1. The Labute approximate surface area is 647 Å². The number of aromatic nitrogens is 8. The lowest BCUT2D eigenvalue weighted by Crippen LogP contribution is -1.96. The van der Waals surface area contributed by atoms with Crippen LogP contribution in [-0.4, -0.2) is 49.9 Å². The molecule has 13 aromatic carbocycles. The van der Waals surface area contributed by atoms with Crippen LogP contribution in [0.1, 0.15) is 31.8 Å². The van der Waals surface area contributed by atoms with E-state index in [-0.39, 0.29) is 0 Å². The SMILES string of the molecule is Cc1ccc(-n2c3ccc(-c4c(-c5nc6ccccc6s5)c5ccccc5n4C)cc3c3cc(-c4c(-c5nc6ccccc6s5)c5ccccc5n4C)ccc32)cc1.Cc1ccc(-n2c3ccc(-c4c(C=O)c5ccccc5n4C)cc3c3cc(-c4c(C=O)c5ccccc5n4C)ccc32)cc1.Nc1ccccc1S. The zero-order valence-corrected chi connectivity index (χ0v) is 63.6. The number of aldehydes is 2. The summed E-state index contributed by atoms with van der Waals surface area (Å²) in [6.07, 6.45) is 1.94. The van der Waals surface area contributed by atoms with Crippen molar-refractivity contribution in [1.82, 2.24) is 37.4 Å². The Balaban J connectivity index is 0.000000139. The summed E-state index contributed by atoms with van der Waals surface area (Å²) in [5.41, 5.74) is 33.9. The molecule has 0 aliphatic carbocycles. The van der Waals surface area contributed by atoms with E-state index in [0.29, 0.717) is 11.1 Å². The first-order valence-electron chi connectivity index (χ1n) is 36.6. The minimum atomic E-state index is 0.691. The van der Waals surface area contributed by atoms with Crippen molar-refractivity contribution >= 4 is 161 Å². The van der Waals surface area contributed by atoms with E-state index in [4.69, 9.17) is 15.7 Å². The molecule has 110 heavy (non-hydrogen) atoms. The maximum atomic E-state index is 12.4. The zero-order chi connectivity index (χ0) is 74.7. The lowest BCUT2D eigenvalue weighted by Gasteiger charge is -2.10. The maximum absolute atomic E-state index is 12.4. The summed E-state index contributed by atoms with van der Waals surface area (Å²) in [6, 6.07) is 102. The molecule has 0 unspecified atom stereocenters. The summed E-state index contributed by atoms with van der Waals surface area (Å²) in [4.78, 5) is 36.1. The molecule has 21 aromatic rings. The van der Waals surface area contributed by atoms with Crippen LogP contribution in [0, 0.1) is 13.8 Å². The molecule has 0 radical (unpaired) electrons. The Morgan fingerprint density at radius 1 is 0.327 bits per heavy atom. The molecule has 8 heterocycles. The van der Waals surface area contributed by atoms with Gasteiger partial charge in [0.25, 0.3) is 0 Å². The quantitative estimate of drug-likeness (QED) is 0.0804. The third kappa shape index (κ3) is 11.0. The second kappa shape index (κ2) is 27.0. The van der Waals surface area contributed by atoms with Crippen molar-refractivity contribution in [2.24, 2.45) is 28.2 Å². The van der Waals surface area contributed by atoms with E-state index in [2.05, 4.69) is 286 Å². The Morgan fingerprint density at radius 3 is 0.982 bits per heavy atom. The molecule has 2 N–H and O–H groups in total. The number of rotatable bonds is 10. The Hall–Kier alpha value is -13.1. The minimum Gasteiger partial charge on any atom is -0.398 e. The molecule has 0 saturated heterocycles. The van der Waals surface area contributed by atoms with E-state index >= 15 is 0 Å². The Kier molecular flexibility index (Phi) is 16.6. The van der Waals surface area contributed by atoms with Crippen LogP contribution in [0.3, 0.4) is 0 Å². The van der Waals surface area contributed by atoms with Crippen LogP contribution in [0.4, 0.5) is 5.69 Å². The van der Waals surface area contributed by atoms with Gasteiger partial charge in [-0.05, 0) is 170 Å². The highest BCUT2D eigenvalue weighted by molar-refractivity contribution is 7.80. The number of hydrogen-bond donors (Lipinski definition) is 2. The van der Waals surface area contributed by atoms with E-state index in [0.717, 1.165) is 133 Å². The first kappa shape index (κ1) is 67.5. The molecule has 0 bridgehead atoms. The molecule has 11 nitrogen and oxygen atoms in total. The smallest absolute Gasteiger partial charge is 0.152 e. The molecule has 0 saturated carbocycles. The van der Waals surface area contributed by atoms with Crippen molar-refractivity contribution in [3.8, 4) is 77.5 Å². The standard InChI is InChI=1S/C51H35N5S2.C39H29N3O2.C6H7NS/c1-30-20-24-33(25-21-30)56-42-26-22-31(48-46(34-12-4-8-16-40(34)54(48)2)50-52-38-14-6-10-18-44(38)57-50)28-36(42)37-29-32(23-27-43(37)56)49-47(35-13-5-9-17-41(35)55(49)3)51-53-39-15-7-11-19-45(39)58-51;1-24-12-16-27(17-13-24)42-36-18-14-25(38-32(22-43)28-8-4-6-10-34(28)40(38)2)20-30(36)31-21-26(15-19-37(31)42)39-33(23-44)29-9-5-7-11-35(29)41(39)3;7-5-3-1-2-4-6(5)8/h4-29H,1-3H3;4-23H,1-3H3;1-4,8H,7H2. The van der Waals surface area contributed by atoms with Gasteiger partial charge in [-0.2, -0.15) is 0 Å². The van der Waals surface area contributed by atoms with Gasteiger partial charge in [-0.15, -0.1) is 35.3 Å². The van der Waals surface area contributed by atoms with Crippen molar-refractivity contribution in [2.75, 3.05) is 5.73 Å². The van der Waals surface area contributed by atoms with Gasteiger partial charge in [-0.3, -0.25) is 9.59 Å². The largest absolute Gasteiger partial charge is 0.398 e. The molecule has 0 spiro atoms. The van der Waals surface area contributed by atoms with Gasteiger partial charge in [-0.25, -0.2) is 9.97 Å². The summed E-state index contributed by atoms with van der Waals surface area (Å²) in [6.45, 7) is 4.24. The average Bonchev–Trinajstić information content (AvgIpc) is 1.56. The highest BCUT2D eigenvalue weighted by Gasteiger charge is 2.27. The maximum Gasteiger partial charge on any atom is 0.152 e. The average molecular weight is 1480 g/mol. The second-order valence-electron chi connectivity index (χ2n) is 28.3. The number of carbonyl (C=O) groups is 2. The Morgan fingerprint density at radius 2 is 0.636 bits per heavy atom. The predicted octanol–water partition coefficient (Wildman–Crippen LogP) is 24.6. The van der Waals surface area contributed by atoms with Crippen LogP contribution in [0.25, 0.3) is 185 Å². The van der Waals surface area contributed by atoms with Gasteiger partial charge in [0.2, 0.25) is 0 Å². The third-order valence-electron chi connectivity index (χ3n) is 21.9. The number of fused-ring (bicyclic) bond motifs is 12. The second-order valence-corrected chi connectivity index (χ2v) is 30.9. The van der Waals surface area contributed by atoms with Crippen LogP contribution in [-0.2, 0) is 28.2 Å². The minimum absolute atomic E-state index is 0.691. The summed E-state index contributed by atoms with van der Waals surface area (Å²) < 4.78 is 16.0. The van der Waals surface area contributed by atoms with Crippen LogP contribution >= 0.6 is 35.3 Å². The van der Waals surface area contributed by atoms with Crippen LogP contribution < -0.4 is 5.73 Å². The number of nitrogens with zero attached hydrogens (tertiary/aromatic N) is 8. The summed E-state index contributed by atoms with van der Waals surface area (Å²) >= 11 is 7.60. The fourth-order valence-electron chi connectivity index (χ4n) is 16.7. The van der Waals surface area contributed by atoms with Gasteiger partial charge in [0.15, 0.2) is 12.6 Å². The number of aryl methyl sites for hydroxylation is 6. The van der Waals surface area contributed by atoms with E-state index in [1.54, 1.807) is 22.7 Å². The van der Waals surface area contributed by atoms with Gasteiger partial charge in [-0.1, -0.05) is 169 Å². The molecule has 8 aromatic heterocycles. The van der Waals surface area contributed by atoms with Crippen molar-refractivity contribution in [1.29, 1.82) is 0 Å². The predicted molar refractivity (Wildman–Crippen MR) is 465 cm³/mol. The van der Waals surface area contributed by atoms with E-state index in [1.165, 1.54) is 86.7 Å². The number of anilines is 1. The number of carbonyl (C=O) groups excluding carboxylic acids is 2. The first-order valence-corrected chi connectivity index (χ1v) is 38.7. The molecule has 0 fully saturated rings. The molecule has 0 atom stereocenters. The topological polar surface area (TPSA) is 116 Å². The van der Waals surface area contributed by atoms with Crippen molar-refractivity contribution in [3.05, 3.63) is 313 Å². The highest BCUT2D eigenvalue weighted by atomic mass is 32.1. The normalized spacial score (nSPS) is 11.7. The molecule has 0 aliphatic rings.